The molecule has 3 rings (SSSR count). The minimum atomic E-state index is -0.261. The van der Waals surface area contributed by atoms with E-state index in [4.69, 9.17) is 4.74 Å². The predicted molar refractivity (Wildman–Crippen MR) is 110 cm³/mol. The molecule has 154 valence electrons. The van der Waals surface area contributed by atoms with Crippen LogP contribution in [0.15, 0.2) is 48.5 Å². The van der Waals surface area contributed by atoms with Crippen molar-refractivity contribution in [2.24, 2.45) is 0 Å². The first-order valence-electron chi connectivity index (χ1n) is 9.82. The van der Waals surface area contributed by atoms with Gasteiger partial charge in [0.15, 0.2) is 0 Å². The largest absolute Gasteiger partial charge is 0.494 e. The van der Waals surface area contributed by atoms with Crippen LogP contribution in [0.2, 0.25) is 0 Å². The standard InChI is InChI=1S/C22H26FN3O3/c1-2-29-20-9-3-17(4-10-20)15-21(27)24-16-22(28)26-13-11-25(12-14-26)19-7-5-18(23)6-8-19/h3-10H,2,11-16H2,1H3,(H,24,27). The summed E-state index contributed by atoms with van der Waals surface area (Å²) in [5.41, 5.74) is 1.81. The third kappa shape index (κ3) is 5.94. The van der Waals surface area contributed by atoms with Crippen LogP contribution in [0.1, 0.15) is 12.5 Å². The third-order valence-corrected chi connectivity index (χ3v) is 4.86. The maximum Gasteiger partial charge on any atom is 0.242 e. The molecule has 2 aromatic rings. The number of ether oxygens (including phenoxy) is 1. The second kappa shape index (κ2) is 9.91. The number of benzene rings is 2. The van der Waals surface area contributed by atoms with Gasteiger partial charge in [-0.25, -0.2) is 4.39 Å². The molecular formula is C22H26FN3O3. The van der Waals surface area contributed by atoms with E-state index in [1.54, 1.807) is 17.0 Å². The van der Waals surface area contributed by atoms with Gasteiger partial charge in [0.1, 0.15) is 11.6 Å². The molecule has 7 heteroatoms. The molecule has 0 unspecified atom stereocenters. The Morgan fingerprint density at radius 3 is 2.28 bits per heavy atom. The van der Waals surface area contributed by atoms with E-state index in [1.807, 2.05) is 31.2 Å². The highest BCUT2D eigenvalue weighted by atomic mass is 19.1. The first kappa shape index (κ1) is 20.6. The van der Waals surface area contributed by atoms with Gasteiger partial charge in [0.25, 0.3) is 0 Å². The smallest absolute Gasteiger partial charge is 0.242 e. The number of nitrogens with zero attached hydrogens (tertiary/aromatic N) is 2. The van der Waals surface area contributed by atoms with Gasteiger partial charge in [-0.15, -0.1) is 0 Å². The highest BCUT2D eigenvalue weighted by Crippen LogP contribution is 2.17. The number of amides is 2. The van der Waals surface area contributed by atoms with Crippen LogP contribution in [0.5, 0.6) is 5.75 Å². The number of carbonyl (C=O) groups excluding carboxylic acids is 2. The maximum absolute atomic E-state index is 13.0. The van der Waals surface area contributed by atoms with Crippen LogP contribution in [0.25, 0.3) is 0 Å². The van der Waals surface area contributed by atoms with E-state index in [0.717, 1.165) is 17.0 Å². The molecule has 1 saturated heterocycles. The van der Waals surface area contributed by atoms with Crippen molar-refractivity contribution in [3.63, 3.8) is 0 Å². The summed E-state index contributed by atoms with van der Waals surface area (Å²) in [6.07, 6.45) is 0.220. The second-order valence-corrected chi connectivity index (χ2v) is 6.87. The van der Waals surface area contributed by atoms with Crippen LogP contribution < -0.4 is 15.0 Å². The van der Waals surface area contributed by atoms with Crippen LogP contribution in [0.3, 0.4) is 0 Å². The summed E-state index contributed by atoms with van der Waals surface area (Å²) < 4.78 is 18.4. The minimum Gasteiger partial charge on any atom is -0.494 e. The van der Waals surface area contributed by atoms with Crippen molar-refractivity contribution in [3.05, 3.63) is 59.9 Å². The first-order chi connectivity index (χ1) is 14.0. The zero-order valence-electron chi connectivity index (χ0n) is 16.6. The molecule has 2 aromatic carbocycles. The minimum absolute atomic E-state index is 0.00753. The van der Waals surface area contributed by atoms with Gasteiger partial charge in [0, 0.05) is 31.9 Å². The number of piperazine rings is 1. The molecule has 0 radical (unpaired) electrons. The number of anilines is 1. The number of hydrogen-bond donors (Lipinski definition) is 1. The lowest BCUT2D eigenvalue weighted by Gasteiger charge is -2.36. The molecule has 2 amide bonds. The van der Waals surface area contributed by atoms with E-state index in [-0.39, 0.29) is 30.6 Å². The highest BCUT2D eigenvalue weighted by Gasteiger charge is 2.21. The maximum atomic E-state index is 13.0. The zero-order valence-corrected chi connectivity index (χ0v) is 16.6. The lowest BCUT2D eigenvalue weighted by molar-refractivity contribution is -0.133. The van der Waals surface area contributed by atoms with Crippen molar-refractivity contribution in [1.82, 2.24) is 10.2 Å². The lowest BCUT2D eigenvalue weighted by Crippen LogP contribution is -2.51. The molecule has 1 N–H and O–H groups in total. The molecule has 6 nitrogen and oxygen atoms in total. The Kier molecular flexibility index (Phi) is 7.05. The van der Waals surface area contributed by atoms with Gasteiger partial charge in [0.2, 0.25) is 11.8 Å². The topological polar surface area (TPSA) is 61.9 Å². The summed E-state index contributed by atoms with van der Waals surface area (Å²) in [4.78, 5) is 28.4. The molecule has 0 aliphatic carbocycles. The summed E-state index contributed by atoms with van der Waals surface area (Å²) in [5, 5.41) is 2.70. The van der Waals surface area contributed by atoms with Crippen LogP contribution in [-0.2, 0) is 16.0 Å². The molecule has 0 atom stereocenters. The molecule has 0 saturated carbocycles. The van der Waals surface area contributed by atoms with Gasteiger partial charge in [-0.3, -0.25) is 9.59 Å². The van der Waals surface area contributed by atoms with Crippen LogP contribution >= 0.6 is 0 Å². The average molecular weight is 399 g/mol. The zero-order chi connectivity index (χ0) is 20.6. The molecule has 1 heterocycles. The third-order valence-electron chi connectivity index (χ3n) is 4.86. The molecule has 0 spiro atoms. The average Bonchev–Trinajstić information content (AvgIpc) is 2.74. The van der Waals surface area contributed by atoms with Crippen molar-refractivity contribution in [2.75, 3.05) is 44.2 Å². The van der Waals surface area contributed by atoms with Gasteiger partial charge >= 0.3 is 0 Å². The normalized spacial score (nSPS) is 13.9. The number of halogens is 1. The number of carbonyl (C=O) groups is 2. The molecule has 0 aromatic heterocycles. The molecule has 1 aliphatic rings. The molecule has 1 aliphatic heterocycles. The number of rotatable bonds is 7. The van der Waals surface area contributed by atoms with Crippen molar-refractivity contribution in [3.8, 4) is 5.75 Å². The Morgan fingerprint density at radius 2 is 1.66 bits per heavy atom. The van der Waals surface area contributed by atoms with E-state index < -0.39 is 0 Å². The van der Waals surface area contributed by atoms with E-state index >= 15 is 0 Å². The first-order valence-corrected chi connectivity index (χ1v) is 9.82. The molecule has 1 fully saturated rings. The highest BCUT2D eigenvalue weighted by molar-refractivity contribution is 5.85. The lowest BCUT2D eigenvalue weighted by atomic mass is 10.1. The van der Waals surface area contributed by atoms with Crippen molar-refractivity contribution >= 4 is 17.5 Å². The Bertz CT molecular complexity index is 816. The Hall–Kier alpha value is -3.09. The van der Waals surface area contributed by atoms with E-state index in [9.17, 15) is 14.0 Å². The quantitative estimate of drug-likeness (QED) is 0.776. The van der Waals surface area contributed by atoms with Crippen molar-refractivity contribution < 1.29 is 18.7 Å². The monoisotopic (exact) mass is 399 g/mol. The number of nitrogens with one attached hydrogen (secondary N) is 1. The van der Waals surface area contributed by atoms with Crippen molar-refractivity contribution in [2.45, 2.75) is 13.3 Å². The second-order valence-electron chi connectivity index (χ2n) is 6.87. The fourth-order valence-electron chi connectivity index (χ4n) is 3.27. The van der Waals surface area contributed by atoms with E-state index in [2.05, 4.69) is 10.2 Å². The van der Waals surface area contributed by atoms with Gasteiger partial charge in [-0.2, -0.15) is 0 Å². The fourth-order valence-corrected chi connectivity index (χ4v) is 3.27. The fraction of sp³-hybridized carbons (Fsp3) is 0.364. The van der Waals surface area contributed by atoms with Gasteiger partial charge in [-0.05, 0) is 48.9 Å². The van der Waals surface area contributed by atoms with Gasteiger partial charge < -0.3 is 19.9 Å². The summed E-state index contributed by atoms with van der Waals surface area (Å²) >= 11 is 0. The Labute approximate surface area is 170 Å². The van der Waals surface area contributed by atoms with Gasteiger partial charge in [0.05, 0.1) is 19.6 Å². The molecular weight excluding hydrogens is 373 g/mol. The molecule has 0 bridgehead atoms. The van der Waals surface area contributed by atoms with Gasteiger partial charge in [-0.1, -0.05) is 12.1 Å². The summed E-state index contributed by atoms with van der Waals surface area (Å²) in [5.74, 6) is 0.228. The van der Waals surface area contributed by atoms with Crippen LogP contribution in [0.4, 0.5) is 10.1 Å². The van der Waals surface area contributed by atoms with Crippen LogP contribution in [-0.4, -0.2) is 56.0 Å². The Balaban J connectivity index is 1.40. The summed E-state index contributed by atoms with van der Waals surface area (Å²) in [6.45, 7) is 5.01. The Morgan fingerprint density at radius 1 is 1.00 bits per heavy atom. The van der Waals surface area contributed by atoms with E-state index in [0.29, 0.717) is 32.8 Å². The molecule has 29 heavy (non-hydrogen) atoms. The van der Waals surface area contributed by atoms with E-state index in [1.165, 1.54) is 12.1 Å². The predicted octanol–water partition coefficient (Wildman–Crippen LogP) is 2.23. The van der Waals surface area contributed by atoms with Crippen LogP contribution in [0, 0.1) is 5.82 Å². The number of hydrogen-bond acceptors (Lipinski definition) is 4. The van der Waals surface area contributed by atoms with Crippen molar-refractivity contribution in [1.29, 1.82) is 0 Å². The SMILES string of the molecule is CCOc1ccc(CC(=O)NCC(=O)N2CCN(c3ccc(F)cc3)CC2)cc1. The summed E-state index contributed by atoms with van der Waals surface area (Å²) in [6, 6.07) is 13.7. The summed E-state index contributed by atoms with van der Waals surface area (Å²) in [7, 11) is 0.